The third-order valence-electron chi connectivity index (χ3n) is 5.42. The van der Waals surface area contributed by atoms with E-state index < -0.39 is 0 Å². The van der Waals surface area contributed by atoms with Crippen molar-refractivity contribution in [1.29, 1.82) is 0 Å². The van der Waals surface area contributed by atoms with E-state index in [9.17, 15) is 14.7 Å². The van der Waals surface area contributed by atoms with Gasteiger partial charge in [0.1, 0.15) is 5.75 Å². The maximum absolute atomic E-state index is 12.4. The number of amides is 3. The average Bonchev–Trinajstić information content (AvgIpc) is 2.69. The van der Waals surface area contributed by atoms with E-state index in [2.05, 4.69) is 15.5 Å². The summed E-state index contributed by atoms with van der Waals surface area (Å²) in [5.74, 6) is 0.329. The Labute approximate surface area is 160 Å². The predicted molar refractivity (Wildman–Crippen MR) is 105 cm³/mol. The van der Waals surface area contributed by atoms with Gasteiger partial charge in [-0.3, -0.25) is 4.79 Å². The first-order valence-corrected chi connectivity index (χ1v) is 9.98. The number of urea groups is 1. The van der Waals surface area contributed by atoms with Gasteiger partial charge >= 0.3 is 6.03 Å². The van der Waals surface area contributed by atoms with Crippen LogP contribution in [-0.2, 0) is 4.79 Å². The molecule has 1 aliphatic heterocycles. The lowest BCUT2D eigenvalue weighted by Crippen LogP contribution is -2.49. The number of piperazine rings is 1. The number of benzene rings is 1. The summed E-state index contributed by atoms with van der Waals surface area (Å²) < 4.78 is 0. The third kappa shape index (κ3) is 5.52. The molecule has 1 heterocycles. The highest BCUT2D eigenvalue weighted by atomic mass is 16.3. The van der Waals surface area contributed by atoms with Crippen molar-refractivity contribution in [3.63, 3.8) is 0 Å². The molecule has 1 saturated heterocycles. The molecule has 1 aromatic carbocycles. The molecular formula is C20H30N4O3. The number of carbonyl (C=O) groups excluding carboxylic acids is 2. The number of nitrogens with one attached hydrogen (secondary N) is 2. The van der Waals surface area contributed by atoms with E-state index in [0.29, 0.717) is 39.1 Å². The summed E-state index contributed by atoms with van der Waals surface area (Å²) in [5, 5.41) is 15.8. The fourth-order valence-corrected chi connectivity index (χ4v) is 3.85. The summed E-state index contributed by atoms with van der Waals surface area (Å²) in [6.07, 6.45) is 6.02. The molecule has 0 unspecified atom stereocenters. The molecule has 0 bridgehead atoms. The van der Waals surface area contributed by atoms with Crippen LogP contribution in [0.25, 0.3) is 0 Å². The Balaban J connectivity index is 1.34. The van der Waals surface area contributed by atoms with Gasteiger partial charge in [0.2, 0.25) is 5.91 Å². The minimum atomic E-state index is -0.168. The monoisotopic (exact) mass is 374 g/mol. The lowest BCUT2D eigenvalue weighted by atomic mass is 9.96. The van der Waals surface area contributed by atoms with Gasteiger partial charge in [0.25, 0.3) is 0 Å². The Morgan fingerprint density at radius 3 is 2.44 bits per heavy atom. The van der Waals surface area contributed by atoms with E-state index in [-0.39, 0.29) is 23.7 Å². The van der Waals surface area contributed by atoms with Crippen molar-refractivity contribution in [3.05, 3.63) is 24.3 Å². The van der Waals surface area contributed by atoms with Gasteiger partial charge in [-0.15, -0.1) is 0 Å². The second-order valence-electron chi connectivity index (χ2n) is 7.34. The van der Waals surface area contributed by atoms with Crippen LogP contribution < -0.4 is 15.5 Å². The van der Waals surface area contributed by atoms with Gasteiger partial charge in [-0.05, 0) is 25.0 Å². The average molecular weight is 374 g/mol. The van der Waals surface area contributed by atoms with Crippen LogP contribution in [0.4, 0.5) is 10.5 Å². The van der Waals surface area contributed by atoms with Crippen LogP contribution in [0.15, 0.2) is 24.3 Å². The molecule has 3 amide bonds. The molecule has 148 valence electrons. The van der Waals surface area contributed by atoms with Crippen molar-refractivity contribution >= 4 is 17.6 Å². The summed E-state index contributed by atoms with van der Waals surface area (Å²) in [7, 11) is 0. The Morgan fingerprint density at radius 2 is 1.74 bits per heavy atom. The molecule has 1 saturated carbocycles. The van der Waals surface area contributed by atoms with Crippen molar-refractivity contribution in [2.24, 2.45) is 0 Å². The van der Waals surface area contributed by atoms with Crippen LogP contribution in [0, 0.1) is 0 Å². The van der Waals surface area contributed by atoms with E-state index in [1.807, 2.05) is 17.0 Å². The van der Waals surface area contributed by atoms with Crippen molar-refractivity contribution in [3.8, 4) is 5.75 Å². The van der Waals surface area contributed by atoms with Gasteiger partial charge in [0.05, 0.1) is 5.69 Å². The Kier molecular flexibility index (Phi) is 6.79. The van der Waals surface area contributed by atoms with Gasteiger partial charge in [-0.2, -0.15) is 0 Å². The molecular weight excluding hydrogens is 344 g/mol. The highest BCUT2D eigenvalue weighted by Gasteiger charge is 2.22. The van der Waals surface area contributed by atoms with Gasteiger partial charge in [0.15, 0.2) is 0 Å². The number of hydrogen-bond donors (Lipinski definition) is 3. The Hall–Kier alpha value is -2.44. The number of rotatable bonds is 5. The number of nitrogens with zero attached hydrogens (tertiary/aromatic N) is 2. The molecule has 0 spiro atoms. The fourth-order valence-electron chi connectivity index (χ4n) is 3.85. The maximum atomic E-state index is 12.4. The molecule has 2 aliphatic rings. The largest absolute Gasteiger partial charge is 0.506 e. The zero-order chi connectivity index (χ0) is 19.1. The van der Waals surface area contributed by atoms with E-state index >= 15 is 0 Å². The molecule has 3 N–H and O–H groups in total. The summed E-state index contributed by atoms with van der Waals surface area (Å²) in [6.45, 7) is 3.00. The lowest BCUT2D eigenvalue weighted by Gasteiger charge is -2.36. The van der Waals surface area contributed by atoms with E-state index in [4.69, 9.17) is 0 Å². The van der Waals surface area contributed by atoms with Crippen LogP contribution in [-0.4, -0.2) is 60.7 Å². The minimum absolute atomic E-state index is 0.0601. The first-order valence-electron chi connectivity index (χ1n) is 9.98. The van der Waals surface area contributed by atoms with Crippen molar-refractivity contribution in [2.75, 3.05) is 37.6 Å². The third-order valence-corrected chi connectivity index (χ3v) is 5.42. The highest BCUT2D eigenvalue weighted by molar-refractivity contribution is 5.78. The van der Waals surface area contributed by atoms with E-state index in [1.165, 1.54) is 19.3 Å². The van der Waals surface area contributed by atoms with Crippen molar-refractivity contribution < 1.29 is 14.7 Å². The Bertz CT molecular complexity index is 638. The highest BCUT2D eigenvalue weighted by Crippen LogP contribution is 2.27. The normalized spacial score (nSPS) is 18.2. The molecule has 0 atom stereocenters. The SMILES string of the molecule is O=C(NCCC(=O)N1CCN(c2ccccc2O)CC1)NC1CCCCC1. The van der Waals surface area contributed by atoms with Crippen molar-refractivity contribution in [2.45, 2.75) is 44.6 Å². The topological polar surface area (TPSA) is 84.9 Å². The molecule has 2 fully saturated rings. The lowest BCUT2D eigenvalue weighted by molar-refractivity contribution is -0.131. The molecule has 1 aliphatic carbocycles. The predicted octanol–water partition coefficient (Wildman–Crippen LogP) is 2.06. The number of para-hydroxylation sites is 2. The van der Waals surface area contributed by atoms with Crippen LogP contribution >= 0.6 is 0 Å². The van der Waals surface area contributed by atoms with E-state index in [0.717, 1.165) is 18.5 Å². The fraction of sp³-hybridized carbons (Fsp3) is 0.600. The molecule has 0 radical (unpaired) electrons. The van der Waals surface area contributed by atoms with Crippen LogP contribution in [0.2, 0.25) is 0 Å². The van der Waals surface area contributed by atoms with Gasteiger partial charge in [0, 0.05) is 45.2 Å². The summed E-state index contributed by atoms with van der Waals surface area (Å²) >= 11 is 0. The maximum Gasteiger partial charge on any atom is 0.315 e. The second-order valence-corrected chi connectivity index (χ2v) is 7.34. The zero-order valence-electron chi connectivity index (χ0n) is 15.8. The summed E-state index contributed by atoms with van der Waals surface area (Å²) in [6, 6.07) is 7.38. The summed E-state index contributed by atoms with van der Waals surface area (Å²) in [5.41, 5.74) is 0.811. The van der Waals surface area contributed by atoms with Crippen LogP contribution in [0.1, 0.15) is 38.5 Å². The first-order chi connectivity index (χ1) is 13.1. The second kappa shape index (κ2) is 9.48. The molecule has 1 aromatic rings. The number of phenolic OH excluding ortho intramolecular Hbond substituents is 1. The number of anilines is 1. The number of carbonyl (C=O) groups is 2. The zero-order valence-corrected chi connectivity index (χ0v) is 15.8. The minimum Gasteiger partial charge on any atom is -0.506 e. The number of phenols is 1. The van der Waals surface area contributed by atoms with Gasteiger partial charge < -0.3 is 25.5 Å². The van der Waals surface area contributed by atoms with Gasteiger partial charge in [-0.1, -0.05) is 31.4 Å². The number of aromatic hydroxyl groups is 1. The van der Waals surface area contributed by atoms with Crippen molar-refractivity contribution in [1.82, 2.24) is 15.5 Å². The van der Waals surface area contributed by atoms with Crippen LogP contribution in [0.5, 0.6) is 5.75 Å². The molecule has 7 heteroatoms. The Morgan fingerprint density at radius 1 is 1.04 bits per heavy atom. The quantitative estimate of drug-likeness (QED) is 0.737. The molecule has 27 heavy (non-hydrogen) atoms. The van der Waals surface area contributed by atoms with E-state index in [1.54, 1.807) is 12.1 Å². The standard InChI is InChI=1S/C20H30N4O3/c25-18-9-5-4-8-17(18)23-12-14-24(15-13-23)19(26)10-11-21-20(27)22-16-6-2-1-3-7-16/h4-5,8-9,16,25H,1-3,6-7,10-15H2,(H2,21,22,27). The smallest absolute Gasteiger partial charge is 0.315 e. The van der Waals surface area contributed by atoms with Crippen LogP contribution in [0.3, 0.4) is 0 Å². The first kappa shape index (κ1) is 19.3. The summed E-state index contributed by atoms with van der Waals surface area (Å²) in [4.78, 5) is 28.2. The molecule has 3 rings (SSSR count). The van der Waals surface area contributed by atoms with Gasteiger partial charge in [-0.25, -0.2) is 4.79 Å². The molecule has 7 nitrogen and oxygen atoms in total. The molecule has 0 aromatic heterocycles. The number of hydrogen-bond acceptors (Lipinski definition) is 4.